The molecule has 0 N–H and O–H groups in total. The Morgan fingerprint density at radius 2 is 2.22 bits per heavy atom. The minimum Gasteiger partial charge on any atom is -0.385 e. The van der Waals surface area contributed by atoms with Gasteiger partial charge < -0.3 is 4.74 Å². The lowest BCUT2D eigenvalue weighted by Gasteiger charge is -1.94. The molecule has 2 radical (unpaired) electrons. The molecule has 0 heterocycles. The highest BCUT2D eigenvalue weighted by Crippen LogP contribution is 1.94. The first-order valence-corrected chi connectivity index (χ1v) is 3.04. The number of carbonyl (C=O) groups excluding carboxylic acids is 1. The molecule has 0 atom stereocenters. The van der Waals surface area contributed by atoms with Gasteiger partial charge in [-0.15, -0.1) is 0 Å². The van der Waals surface area contributed by atoms with E-state index in [-0.39, 0.29) is 5.78 Å². The average Bonchev–Trinajstić information content (AvgIpc) is 1.80. The third-order valence-electron chi connectivity index (χ3n) is 1.02. The van der Waals surface area contributed by atoms with Crippen molar-refractivity contribution in [1.29, 1.82) is 0 Å². The van der Waals surface area contributed by atoms with E-state index >= 15 is 0 Å². The fourth-order valence-corrected chi connectivity index (χ4v) is 0.546. The van der Waals surface area contributed by atoms with Crippen molar-refractivity contribution in [1.82, 2.24) is 0 Å². The number of ether oxygens (including phenoxy) is 1. The maximum absolute atomic E-state index is 10.1. The molecule has 2 heteroatoms. The molecular weight excluding hydrogens is 116 g/mol. The maximum Gasteiger partial charge on any atom is 0.137 e. The lowest BCUT2D eigenvalue weighted by molar-refractivity contribution is -0.115. The van der Waals surface area contributed by atoms with Crippen LogP contribution in [0.4, 0.5) is 0 Å². The third-order valence-corrected chi connectivity index (χ3v) is 1.02. The van der Waals surface area contributed by atoms with E-state index in [1.807, 2.05) is 0 Å². The Hall–Kier alpha value is -0.370. The number of carbonyl (C=O) groups is 1. The topological polar surface area (TPSA) is 26.3 Å². The lowest BCUT2D eigenvalue weighted by Crippen LogP contribution is -1.93. The fourth-order valence-electron chi connectivity index (χ4n) is 0.546. The van der Waals surface area contributed by atoms with Crippen LogP contribution in [0.25, 0.3) is 0 Å². The molecule has 0 aliphatic carbocycles. The zero-order valence-corrected chi connectivity index (χ0v) is 5.72. The number of hydrogen-bond donors (Lipinski definition) is 0. The van der Waals surface area contributed by atoms with Crippen molar-refractivity contribution >= 4 is 5.78 Å². The van der Waals surface area contributed by atoms with E-state index in [0.29, 0.717) is 13.0 Å². The Morgan fingerprint density at radius 3 is 2.67 bits per heavy atom. The van der Waals surface area contributed by atoms with Gasteiger partial charge in [-0.1, -0.05) is 0 Å². The smallest absolute Gasteiger partial charge is 0.137 e. The first-order valence-electron chi connectivity index (χ1n) is 3.04. The van der Waals surface area contributed by atoms with E-state index in [0.717, 1.165) is 12.8 Å². The minimum absolute atomic E-state index is 0.230. The summed E-state index contributed by atoms with van der Waals surface area (Å²) in [6.45, 7) is 5.61. The quantitative estimate of drug-likeness (QED) is 0.518. The summed E-state index contributed by atoms with van der Waals surface area (Å²) in [5.74, 6) is -0.230. The molecule has 0 amide bonds. The van der Waals surface area contributed by atoms with E-state index in [1.54, 1.807) is 7.11 Å². The first kappa shape index (κ1) is 8.63. The summed E-state index contributed by atoms with van der Waals surface area (Å²) >= 11 is 0. The van der Waals surface area contributed by atoms with Crippen molar-refractivity contribution in [2.24, 2.45) is 0 Å². The highest BCUT2D eigenvalue weighted by molar-refractivity contribution is 5.82. The van der Waals surface area contributed by atoms with Gasteiger partial charge in [-0.05, 0) is 12.8 Å². The van der Waals surface area contributed by atoms with Crippen LogP contribution in [0.2, 0.25) is 0 Å². The predicted molar refractivity (Wildman–Crippen MR) is 35.0 cm³/mol. The van der Waals surface area contributed by atoms with Crippen molar-refractivity contribution in [2.75, 3.05) is 13.7 Å². The first-order chi connectivity index (χ1) is 4.27. The SMILES string of the molecule is [CH]C(=O)CCCCOC. The molecule has 52 valence electrons. The molecule has 0 fully saturated rings. The van der Waals surface area contributed by atoms with Gasteiger partial charge in [-0.2, -0.15) is 0 Å². The summed E-state index contributed by atoms with van der Waals surface area (Å²) in [6, 6.07) is 0. The van der Waals surface area contributed by atoms with Gasteiger partial charge in [0.05, 0.1) is 0 Å². The lowest BCUT2D eigenvalue weighted by atomic mass is 10.2. The van der Waals surface area contributed by atoms with E-state index in [9.17, 15) is 4.79 Å². The molecule has 0 aromatic heterocycles. The van der Waals surface area contributed by atoms with Gasteiger partial charge in [0.15, 0.2) is 0 Å². The normalized spacial score (nSPS) is 9.56. The molecule has 0 bridgehead atoms. The molecule has 0 rings (SSSR count). The molecule has 0 spiro atoms. The molecule has 0 unspecified atom stereocenters. The van der Waals surface area contributed by atoms with Gasteiger partial charge in [0, 0.05) is 27.1 Å². The van der Waals surface area contributed by atoms with Gasteiger partial charge >= 0.3 is 0 Å². The molecule has 0 aromatic rings. The van der Waals surface area contributed by atoms with Crippen molar-refractivity contribution in [3.05, 3.63) is 6.92 Å². The highest BCUT2D eigenvalue weighted by Gasteiger charge is 1.91. The number of Topliss-reactive ketones (excluding diaryl/α,β-unsaturated/α-hetero) is 1. The van der Waals surface area contributed by atoms with Gasteiger partial charge in [0.2, 0.25) is 0 Å². The van der Waals surface area contributed by atoms with Crippen LogP contribution in [0.3, 0.4) is 0 Å². The Morgan fingerprint density at radius 1 is 1.56 bits per heavy atom. The Labute approximate surface area is 56.2 Å². The zero-order valence-electron chi connectivity index (χ0n) is 5.72. The zero-order chi connectivity index (χ0) is 7.11. The van der Waals surface area contributed by atoms with Crippen molar-refractivity contribution < 1.29 is 9.53 Å². The van der Waals surface area contributed by atoms with Crippen molar-refractivity contribution in [2.45, 2.75) is 19.3 Å². The van der Waals surface area contributed by atoms with E-state index in [4.69, 9.17) is 11.7 Å². The molecule has 9 heavy (non-hydrogen) atoms. The number of hydrogen-bond acceptors (Lipinski definition) is 2. The Balaban J connectivity index is 2.83. The summed E-state index contributed by atoms with van der Waals surface area (Å²) in [6.07, 6.45) is 2.23. The predicted octanol–water partition coefficient (Wildman–Crippen LogP) is 1.08. The molecule has 0 saturated carbocycles. The second-order valence-corrected chi connectivity index (χ2v) is 1.92. The van der Waals surface area contributed by atoms with Crippen molar-refractivity contribution in [3.63, 3.8) is 0 Å². The third kappa shape index (κ3) is 7.63. The van der Waals surface area contributed by atoms with Crippen LogP contribution in [0.15, 0.2) is 0 Å². The number of ketones is 1. The average molecular weight is 128 g/mol. The summed E-state index contributed by atoms with van der Waals surface area (Å²) in [7, 11) is 1.64. The monoisotopic (exact) mass is 128 g/mol. The summed E-state index contributed by atoms with van der Waals surface area (Å²) < 4.78 is 4.77. The van der Waals surface area contributed by atoms with Crippen LogP contribution < -0.4 is 0 Å². The number of methoxy groups -OCH3 is 1. The van der Waals surface area contributed by atoms with Gasteiger partial charge in [-0.3, -0.25) is 4.79 Å². The Kier molecular flexibility index (Phi) is 5.52. The molecular formula is C7H12O2. The highest BCUT2D eigenvalue weighted by atomic mass is 16.5. The van der Waals surface area contributed by atoms with Gasteiger partial charge in [-0.25, -0.2) is 0 Å². The molecule has 0 saturated heterocycles. The van der Waals surface area contributed by atoms with Crippen LogP contribution in [0.5, 0.6) is 0 Å². The second kappa shape index (κ2) is 5.76. The number of rotatable bonds is 5. The summed E-state index contributed by atoms with van der Waals surface area (Å²) in [4.78, 5) is 10.1. The van der Waals surface area contributed by atoms with Crippen LogP contribution >= 0.6 is 0 Å². The van der Waals surface area contributed by atoms with Gasteiger partial charge in [0.25, 0.3) is 0 Å². The van der Waals surface area contributed by atoms with E-state index < -0.39 is 0 Å². The maximum atomic E-state index is 10.1. The van der Waals surface area contributed by atoms with Crippen LogP contribution in [0, 0.1) is 6.92 Å². The van der Waals surface area contributed by atoms with Crippen LogP contribution in [-0.4, -0.2) is 19.5 Å². The molecule has 0 aromatic carbocycles. The minimum atomic E-state index is -0.230. The van der Waals surface area contributed by atoms with Crippen LogP contribution in [-0.2, 0) is 9.53 Å². The van der Waals surface area contributed by atoms with Crippen molar-refractivity contribution in [3.8, 4) is 0 Å². The van der Waals surface area contributed by atoms with Gasteiger partial charge in [0.1, 0.15) is 5.78 Å². The van der Waals surface area contributed by atoms with Crippen LogP contribution in [0.1, 0.15) is 19.3 Å². The molecule has 2 nitrogen and oxygen atoms in total. The largest absolute Gasteiger partial charge is 0.385 e. The van der Waals surface area contributed by atoms with E-state index in [1.165, 1.54) is 0 Å². The molecule has 0 aliphatic heterocycles. The summed E-state index contributed by atoms with van der Waals surface area (Å²) in [5, 5.41) is 0. The summed E-state index contributed by atoms with van der Waals surface area (Å²) in [5.41, 5.74) is 0. The van der Waals surface area contributed by atoms with E-state index in [2.05, 4.69) is 0 Å². The Bertz CT molecular complexity index is 79.0. The molecule has 0 aliphatic rings. The fraction of sp³-hybridized carbons (Fsp3) is 0.714. The number of unbranched alkanes of at least 4 members (excludes halogenated alkanes) is 1. The second-order valence-electron chi connectivity index (χ2n) is 1.92. The standard InChI is InChI=1S/C7H12O2/c1-7(8)5-3-4-6-9-2/h1H,3-6H2,2H3.